The molecule has 0 aliphatic rings. The summed E-state index contributed by atoms with van der Waals surface area (Å²) in [6.07, 6.45) is 2.88. The lowest BCUT2D eigenvalue weighted by atomic mass is 10.2. The highest BCUT2D eigenvalue weighted by Gasteiger charge is 2.05. The van der Waals surface area contributed by atoms with E-state index in [1.165, 1.54) is 12.5 Å². The van der Waals surface area contributed by atoms with Gasteiger partial charge in [-0.3, -0.25) is 4.79 Å². The van der Waals surface area contributed by atoms with Crippen LogP contribution in [0.4, 0.5) is 0 Å². The zero-order chi connectivity index (χ0) is 13.0. The molecule has 18 heavy (non-hydrogen) atoms. The molecule has 0 unspecified atom stereocenters. The lowest BCUT2D eigenvalue weighted by molar-refractivity contribution is 0.0927. The van der Waals surface area contributed by atoms with Crippen LogP contribution >= 0.6 is 23.2 Å². The number of amides is 1. The van der Waals surface area contributed by atoms with E-state index < -0.39 is 5.91 Å². The fraction of sp³-hybridized carbons (Fsp3) is 0. The largest absolute Gasteiger partial charge is 0.459 e. The fourth-order valence-corrected chi connectivity index (χ4v) is 1.53. The molecule has 0 saturated carbocycles. The van der Waals surface area contributed by atoms with Crippen LogP contribution in [0, 0.1) is 0 Å². The monoisotopic (exact) mass is 282 g/mol. The van der Waals surface area contributed by atoms with Crippen LogP contribution in [0.3, 0.4) is 0 Å². The van der Waals surface area contributed by atoms with Gasteiger partial charge in [0.2, 0.25) is 0 Å². The molecular weight excluding hydrogens is 275 g/mol. The Kier molecular flexibility index (Phi) is 4.02. The van der Waals surface area contributed by atoms with E-state index in [-0.39, 0.29) is 5.76 Å². The highest BCUT2D eigenvalue weighted by molar-refractivity contribution is 6.42. The molecule has 92 valence electrons. The summed E-state index contributed by atoms with van der Waals surface area (Å²) in [5.74, 6) is -0.224. The number of carbonyl (C=O) groups excluding carboxylic acids is 1. The number of hydrogen-bond donors (Lipinski definition) is 1. The van der Waals surface area contributed by atoms with Crippen LogP contribution in [-0.2, 0) is 0 Å². The van der Waals surface area contributed by atoms with Gasteiger partial charge in [0.15, 0.2) is 5.76 Å². The summed E-state index contributed by atoms with van der Waals surface area (Å²) >= 11 is 11.6. The predicted octanol–water partition coefficient (Wildman–Crippen LogP) is 3.35. The molecule has 1 heterocycles. The molecule has 0 radical (unpaired) electrons. The zero-order valence-electron chi connectivity index (χ0n) is 9.06. The summed E-state index contributed by atoms with van der Waals surface area (Å²) in [6, 6.07) is 8.20. The third kappa shape index (κ3) is 3.12. The lowest BCUT2D eigenvalue weighted by Crippen LogP contribution is -2.16. The van der Waals surface area contributed by atoms with Crippen LogP contribution in [-0.4, -0.2) is 12.1 Å². The van der Waals surface area contributed by atoms with E-state index in [0.717, 1.165) is 5.56 Å². The molecule has 0 fully saturated rings. The van der Waals surface area contributed by atoms with E-state index in [0.29, 0.717) is 10.0 Å². The molecule has 0 spiro atoms. The Labute approximate surface area is 113 Å². The van der Waals surface area contributed by atoms with Gasteiger partial charge in [-0.15, -0.1) is 0 Å². The first-order valence-electron chi connectivity index (χ1n) is 4.99. The SMILES string of the molecule is O=C(N/N=C\c1ccc(Cl)c(Cl)c1)c1ccco1. The van der Waals surface area contributed by atoms with E-state index in [4.69, 9.17) is 27.6 Å². The van der Waals surface area contributed by atoms with Gasteiger partial charge in [-0.05, 0) is 29.8 Å². The van der Waals surface area contributed by atoms with Crippen molar-refractivity contribution in [3.63, 3.8) is 0 Å². The smallest absolute Gasteiger partial charge is 0.307 e. The first-order chi connectivity index (χ1) is 8.66. The Hall–Kier alpha value is -1.78. The van der Waals surface area contributed by atoms with Gasteiger partial charge in [-0.1, -0.05) is 29.3 Å². The van der Waals surface area contributed by atoms with Crippen molar-refractivity contribution in [3.8, 4) is 0 Å². The van der Waals surface area contributed by atoms with Crippen molar-refractivity contribution in [2.45, 2.75) is 0 Å². The van der Waals surface area contributed by atoms with Gasteiger partial charge >= 0.3 is 5.91 Å². The van der Waals surface area contributed by atoms with Gasteiger partial charge in [0.1, 0.15) is 0 Å². The van der Waals surface area contributed by atoms with E-state index in [9.17, 15) is 4.79 Å². The number of nitrogens with zero attached hydrogens (tertiary/aromatic N) is 1. The third-order valence-corrected chi connectivity index (χ3v) is 2.81. The quantitative estimate of drug-likeness (QED) is 0.693. The maximum atomic E-state index is 11.5. The van der Waals surface area contributed by atoms with Gasteiger partial charge in [0.25, 0.3) is 0 Å². The van der Waals surface area contributed by atoms with Crippen molar-refractivity contribution < 1.29 is 9.21 Å². The molecule has 1 N–H and O–H groups in total. The van der Waals surface area contributed by atoms with Gasteiger partial charge < -0.3 is 4.42 Å². The van der Waals surface area contributed by atoms with Crippen LogP contribution in [0.2, 0.25) is 10.0 Å². The Bertz CT molecular complexity index is 580. The van der Waals surface area contributed by atoms with E-state index >= 15 is 0 Å². The number of halogens is 2. The molecule has 4 nitrogen and oxygen atoms in total. The van der Waals surface area contributed by atoms with Crippen LogP contribution in [0.5, 0.6) is 0 Å². The Balaban J connectivity index is 1.99. The summed E-state index contributed by atoms with van der Waals surface area (Å²) < 4.78 is 4.91. The predicted molar refractivity (Wildman–Crippen MR) is 70.2 cm³/mol. The molecule has 1 amide bonds. The Morgan fingerprint density at radius 3 is 2.78 bits per heavy atom. The number of benzene rings is 1. The molecule has 0 saturated heterocycles. The van der Waals surface area contributed by atoms with E-state index in [2.05, 4.69) is 10.5 Å². The molecule has 2 rings (SSSR count). The highest BCUT2D eigenvalue weighted by atomic mass is 35.5. The average molecular weight is 283 g/mol. The Morgan fingerprint density at radius 2 is 2.11 bits per heavy atom. The van der Waals surface area contributed by atoms with Crippen molar-refractivity contribution in [2.75, 3.05) is 0 Å². The minimum atomic E-state index is -0.420. The van der Waals surface area contributed by atoms with Gasteiger partial charge in [0.05, 0.1) is 22.5 Å². The highest BCUT2D eigenvalue weighted by Crippen LogP contribution is 2.21. The van der Waals surface area contributed by atoms with Crippen molar-refractivity contribution in [1.29, 1.82) is 0 Å². The number of furan rings is 1. The number of rotatable bonds is 3. The Morgan fingerprint density at radius 1 is 1.28 bits per heavy atom. The summed E-state index contributed by atoms with van der Waals surface area (Å²) in [4.78, 5) is 11.5. The third-order valence-electron chi connectivity index (χ3n) is 2.07. The molecule has 0 bridgehead atoms. The van der Waals surface area contributed by atoms with Gasteiger partial charge in [-0.2, -0.15) is 5.10 Å². The first-order valence-corrected chi connectivity index (χ1v) is 5.74. The second-order valence-electron chi connectivity index (χ2n) is 3.35. The molecule has 0 aliphatic carbocycles. The van der Waals surface area contributed by atoms with Crippen molar-refractivity contribution in [3.05, 3.63) is 58.0 Å². The summed E-state index contributed by atoms with van der Waals surface area (Å²) in [7, 11) is 0. The number of hydrogen-bond acceptors (Lipinski definition) is 3. The van der Waals surface area contributed by atoms with Crippen molar-refractivity contribution in [2.24, 2.45) is 5.10 Å². The molecule has 1 aromatic heterocycles. The topological polar surface area (TPSA) is 54.6 Å². The minimum Gasteiger partial charge on any atom is -0.459 e. The summed E-state index contributed by atoms with van der Waals surface area (Å²) in [5.41, 5.74) is 3.05. The maximum absolute atomic E-state index is 11.5. The van der Waals surface area contributed by atoms with Gasteiger partial charge in [-0.25, -0.2) is 5.43 Å². The second kappa shape index (κ2) is 5.71. The van der Waals surface area contributed by atoms with Gasteiger partial charge in [0, 0.05) is 0 Å². The van der Waals surface area contributed by atoms with Crippen LogP contribution < -0.4 is 5.43 Å². The summed E-state index contributed by atoms with van der Waals surface area (Å²) in [5, 5.41) is 4.68. The molecule has 0 atom stereocenters. The fourth-order valence-electron chi connectivity index (χ4n) is 1.22. The van der Waals surface area contributed by atoms with E-state index in [1.54, 1.807) is 30.3 Å². The molecule has 1 aromatic carbocycles. The normalized spacial score (nSPS) is 10.8. The number of carbonyl (C=O) groups is 1. The van der Waals surface area contributed by atoms with E-state index in [1.807, 2.05) is 0 Å². The van der Waals surface area contributed by atoms with Crippen molar-refractivity contribution in [1.82, 2.24) is 5.43 Å². The standard InChI is InChI=1S/C12H8Cl2N2O2/c13-9-4-3-8(6-10(9)14)7-15-16-12(17)11-2-1-5-18-11/h1-7H,(H,16,17)/b15-7-. The average Bonchev–Trinajstić information content (AvgIpc) is 2.87. The van der Waals surface area contributed by atoms with Crippen molar-refractivity contribution >= 4 is 35.3 Å². The molecular formula is C12H8Cl2N2O2. The van der Waals surface area contributed by atoms with Crippen LogP contribution in [0.15, 0.2) is 46.1 Å². The molecule has 0 aliphatic heterocycles. The first kappa shape index (κ1) is 12.7. The van der Waals surface area contributed by atoms with Crippen LogP contribution in [0.25, 0.3) is 0 Å². The minimum absolute atomic E-state index is 0.196. The molecule has 2 aromatic rings. The second-order valence-corrected chi connectivity index (χ2v) is 4.16. The maximum Gasteiger partial charge on any atom is 0.307 e. The zero-order valence-corrected chi connectivity index (χ0v) is 10.6. The van der Waals surface area contributed by atoms with Crippen LogP contribution in [0.1, 0.15) is 16.1 Å². The summed E-state index contributed by atoms with van der Waals surface area (Å²) in [6.45, 7) is 0. The lowest BCUT2D eigenvalue weighted by Gasteiger charge is -1.98. The molecule has 6 heteroatoms. The number of hydrazone groups is 1. The number of nitrogens with one attached hydrogen (secondary N) is 1.